The number of nitrogens with one attached hydrogen (secondary N) is 2. The second kappa shape index (κ2) is 8.78. The number of nitrogens with zero attached hydrogens (tertiary/aromatic N) is 4. The Morgan fingerprint density at radius 2 is 1.88 bits per heavy atom. The van der Waals surface area contributed by atoms with Crippen molar-refractivity contribution in [3.63, 3.8) is 0 Å². The van der Waals surface area contributed by atoms with Crippen LogP contribution in [0.25, 0.3) is 10.9 Å². The number of anilines is 2. The highest BCUT2D eigenvalue weighted by molar-refractivity contribution is 5.82. The third-order valence-corrected chi connectivity index (χ3v) is 5.81. The lowest BCUT2D eigenvalue weighted by molar-refractivity contribution is 0.355. The highest BCUT2D eigenvalue weighted by atomic mass is 16.5. The van der Waals surface area contributed by atoms with Gasteiger partial charge in [-0.15, -0.1) is 0 Å². The molecule has 1 aliphatic rings. The quantitative estimate of drug-likeness (QED) is 0.468. The Balaban J connectivity index is 1.41. The first-order valence-corrected chi connectivity index (χ1v) is 10.7. The first-order chi connectivity index (χ1) is 16.2. The average Bonchev–Trinajstić information content (AvgIpc) is 2.86. The van der Waals surface area contributed by atoms with Gasteiger partial charge in [0.2, 0.25) is 5.95 Å². The molecule has 33 heavy (non-hydrogen) atoms. The number of benzene rings is 2. The zero-order valence-electron chi connectivity index (χ0n) is 18.5. The van der Waals surface area contributed by atoms with Gasteiger partial charge in [0, 0.05) is 24.7 Å². The summed E-state index contributed by atoms with van der Waals surface area (Å²) >= 11 is 0. The Morgan fingerprint density at radius 1 is 1.09 bits per heavy atom. The molecule has 0 aliphatic carbocycles. The Hall–Kier alpha value is -4.14. The van der Waals surface area contributed by atoms with Gasteiger partial charge in [-0.2, -0.15) is 0 Å². The molecule has 0 amide bonds. The average molecular weight is 444 g/mol. The van der Waals surface area contributed by atoms with Crippen LogP contribution in [0.4, 0.5) is 11.8 Å². The summed E-state index contributed by atoms with van der Waals surface area (Å²) in [4.78, 5) is 31.3. The van der Waals surface area contributed by atoms with E-state index in [1.165, 1.54) is 12.7 Å². The van der Waals surface area contributed by atoms with Crippen molar-refractivity contribution >= 4 is 22.7 Å². The van der Waals surface area contributed by atoms with Gasteiger partial charge < -0.3 is 19.7 Å². The Kier molecular flexibility index (Phi) is 5.52. The molecular formula is C24H24N6O3. The summed E-state index contributed by atoms with van der Waals surface area (Å²) in [7, 11) is 3.10. The molecule has 9 nitrogen and oxygen atoms in total. The molecule has 9 heteroatoms. The van der Waals surface area contributed by atoms with Gasteiger partial charge in [-0.1, -0.05) is 30.3 Å². The van der Waals surface area contributed by atoms with E-state index in [2.05, 4.69) is 32.4 Å². The minimum absolute atomic E-state index is 0.227. The third-order valence-electron chi connectivity index (χ3n) is 5.81. The summed E-state index contributed by atoms with van der Waals surface area (Å²) in [6.07, 6.45) is 2.31. The summed E-state index contributed by atoms with van der Waals surface area (Å²) in [6, 6.07) is 13.6. The standard InChI is InChI=1S/C24H24N6O3/c1-32-20-10-17-18(11-21(20)33-2)28-24(29-23(17)31)30-9-8-16-19(13-30)26-14-27-22(16)25-12-15-6-4-3-5-7-15/h3-7,10-11,14H,8-9,12-13H2,1-2H3,(H,25,26,27)(H,28,29,31). The van der Waals surface area contributed by atoms with Gasteiger partial charge in [-0.25, -0.2) is 15.0 Å². The lowest BCUT2D eigenvalue weighted by atomic mass is 10.1. The fourth-order valence-corrected chi connectivity index (χ4v) is 4.07. The molecule has 2 aromatic heterocycles. The summed E-state index contributed by atoms with van der Waals surface area (Å²) in [5.41, 5.74) is 3.52. The molecule has 3 heterocycles. The van der Waals surface area contributed by atoms with Crippen LogP contribution in [0.15, 0.2) is 53.6 Å². The molecule has 0 saturated carbocycles. The van der Waals surface area contributed by atoms with Gasteiger partial charge in [0.25, 0.3) is 5.56 Å². The Labute approximate surface area is 190 Å². The number of hydrogen-bond acceptors (Lipinski definition) is 8. The van der Waals surface area contributed by atoms with Crippen molar-refractivity contribution in [2.75, 3.05) is 31.0 Å². The van der Waals surface area contributed by atoms with E-state index in [0.717, 1.165) is 23.5 Å². The van der Waals surface area contributed by atoms with Crippen LogP contribution >= 0.6 is 0 Å². The van der Waals surface area contributed by atoms with E-state index >= 15 is 0 Å². The monoisotopic (exact) mass is 444 g/mol. The Morgan fingerprint density at radius 3 is 2.67 bits per heavy atom. The largest absolute Gasteiger partial charge is 0.493 e. The van der Waals surface area contributed by atoms with Crippen LogP contribution < -0.4 is 25.2 Å². The normalized spacial score (nSPS) is 13.0. The van der Waals surface area contributed by atoms with E-state index < -0.39 is 0 Å². The van der Waals surface area contributed by atoms with Gasteiger partial charge in [0.1, 0.15) is 12.1 Å². The summed E-state index contributed by atoms with van der Waals surface area (Å²) in [5.74, 6) is 2.37. The molecule has 0 fully saturated rings. The molecule has 0 unspecified atom stereocenters. The summed E-state index contributed by atoms with van der Waals surface area (Å²) in [5, 5.41) is 3.88. The molecule has 168 valence electrons. The number of methoxy groups -OCH3 is 2. The highest BCUT2D eigenvalue weighted by Gasteiger charge is 2.23. The van der Waals surface area contributed by atoms with Crippen LogP contribution in [-0.2, 0) is 19.5 Å². The molecule has 4 aromatic rings. The second-order valence-electron chi connectivity index (χ2n) is 7.77. The predicted molar refractivity (Wildman–Crippen MR) is 126 cm³/mol. The van der Waals surface area contributed by atoms with E-state index in [0.29, 0.717) is 48.0 Å². The first kappa shape index (κ1) is 20.7. The smallest absolute Gasteiger partial charge is 0.260 e. The van der Waals surface area contributed by atoms with Crippen LogP contribution in [0.2, 0.25) is 0 Å². The predicted octanol–water partition coefficient (Wildman–Crippen LogP) is 2.91. The van der Waals surface area contributed by atoms with Crippen molar-refractivity contribution in [3.05, 3.63) is 76.0 Å². The summed E-state index contributed by atoms with van der Waals surface area (Å²) in [6.45, 7) is 1.90. The number of aromatic amines is 1. The van der Waals surface area contributed by atoms with E-state index in [1.54, 1.807) is 25.6 Å². The maximum absolute atomic E-state index is 12.8. The zero-order chi connectivity index (χ0) is 22.8. The van der Waals surface area contributed by atoms with Crippen molar-refractivity contribution in [2.24, 2.45) is 0 Å². The van der Waals surface area contributed by atoms with Crippen LogP contribution in [0.5, 0.6) is 11.5 Å². The molecule has 5 rings (SSSR count). The maximum Gasteiger partial charge on any atom is 0.260 e. The highest BCUT2D eigenvalue weighted by Crippen LogP contribution is 2.31. The fraction of sp³-hybridized carbons (Fsp3) is 0.250. The minimum atomic E-state index is -0.227. The molecule has 0 atom stereocenters. The van der Waals surface area contributed by atoms with Gasteiger partial charge in [-0.3, -0.25) is 9.78 Å². The van der Waals surface area contributed by atoms with Crippen LogP contribution in [0, 0.1) is 0 Å². The van der Waals surface area contributed by atoms with Crippen LogP contribution in [-0.4, -0.2) is 40.7 Å². The van der Waals surface area contributed by atoms with Gasteiger partial charge in [0.05, 0.1) is 37.4 Å². The minimum Gasteiger partial charge on any atom is -0.493 e. The van der Waals surface area contributed by atoms with Crippen LogP contribution in [0.3, 0.4) is 0 Å². The molecule has 0 bridgehead atoms. The van der Waals surface area contributed by atoms with Crippen molar-refractivity contribution in [2.45, 2.75) is 19.5 Å². The second-order valence-corrected chi connectivity index (χ2v) is 7.77. The zero-order valence-corrected chi connectivity index (χ0v) is 18.5. The van der Waals surface area contributed by atoms with Crippen molar-refractivity contribution in [1.29, 1.82) is 0 Å². The number of aromatic nitrogens is 4. The van der Waals surface area contributed by atoms with Crippen molar-refractivity contribution in [3.8, 4) is 11.5 Å². The lowest BCUT2D eigenvalue weighted by Crippen LogP contribution is -2.34. The summed E-state index contributed by atoms with van der Waals surface area (Å²) < 4.78 is 10.7. The van der Waals surface area contributed by atoms with Crippen LogP contribution in [0.1, 0.15) is 16.8 Å². The molecule has 0 saturated heterocycles. The molecule has 0 radical (unpaired) electrons. The Bertz CT molecular complexity index is 1360. The SMILES string of the molecule is COc1cc2nc(N3CCc4c(ncnc4NCc4ccccc4)C3)[nH]c(=O)c2cc1OC. The third kappa shape index (κ3) is 4.05. The first-order valence-electron chi connectivity index (χ1n) is 10.7. The lowest BCUT2D eigenvalue weighted by Gasteiger charge is -2.29. The topological polar surface area (TPSA) is 105 Å². The van der Waals surface area contributed by atoms with E-state index in [9.17, 15) is 4.79 Å². The number of ether oxygens (including phenoxy) is 2. The molecular weight excluding hydrogens is 420 g/mol. The maximum atomic E-state index is 12.8. The van der Waals surface area contributed by atoms with Gasteiger partial charge in [0.15, 0.2) is 11.5 Å². The van der Waals surface area contributed by atoms with E-state index in [-0.39, 0.29) is 5.56 Å². The molecule has 1 aliphatic heterocycles. The number of H-pyrrole nitrogens is 1. The molecule has 2 aromatic carbocycles. The van der Waals surface area contributed by atoms with Crippen molar-refractivity contribution < 1.29 is 9.47 Å². The van der Waals surface area contributed by atoms with Crippen molar-refractivity contribution in [1.82, 2.24) is 19.9 Å². The number of rotatable bonds is 6. The van der Waals surface area contributed by atoms with E-state index in [4.69, 9.17) is 14.5 Å². The number of fused-ring (bicyclic) bond motifs is 2. The molecule has 0 spiro atoms. The van der Waals surface area contributed by atoms with E-state index in [1.807, 2.05) is 23.1 Å². The number of hydrogen-bond donors (Lipinski definition) is 2. The van der Waals surface area contributed by atoms with Gasteiger partial charge >= 0.3 is 0 Å². The molecule has 2 N–H and O–H groups in total. The fourth-order valence-electron chi connectivity index (χ4n) is 4.07. The van der Waals surface area contributed by atoms with Gasteiger partial charge in [-0.05, 0) is 18.1 Å².